The summed E-state index contributed by atoms with van der Waals surface area (Å²) in [5.74, 6) is 0. The highest BCUT2D eigenvalue weighted by atomic mass is 35.5. The van der Waals surface area contributed by atoms with Gasteiger partial charge in [-0.3, -0.25) is 0 Å². The summed E-state index contributed by atoms with van der Waals surface area (Å²) < 4.78 is 0. The van der Waals surface area contributed by atoms with Crippen molar-refractivity contribution in [3.8, 4) is 0 Å². The fourth-order valence-corrected chi connectivity index (χ4v) is 2.82. The molecular weight excluding hydrogens is 232 g/mol. The second-order valence-electron chi connectivity index (χ2n) is 5.61. The molecule has 1 aromatic carbocycles. The highest BCUT2D eigenvalue weighted by molar-refractivity contribution is 6.31. The second kappa shape index (κ2) is 4.87. The van der Waals surface area contributed by atoms with Crippen LogP contribution in [0.4, 0.5) is 5.69 Å². The van der Waals surface area contributed by atoms with Gasteiger partial charge in [-0.15, -0.1) is 0 Å². The van der Waals surface area contributed by atoms with E-state index in [1.165, 1.54) is 17.7 Å². The minimum atomic E-state index is 0.405. The van der Waals surface area contributed by atoms with Crippen LogP contribution in [0.3, 0.4) is 0 Å². The lowest BCUT2D eigenvalue weighted by Crippen LogP contribution is -2.24. The van der Waals surface area contributed by atoms with Crippen LogP contribution in [0.15, 0.2) is 18.2 Å². The zero-order valence-corrected chi connectivity index (χ0v) is 11.4. The van der Waals surface area contributed by atoms with E-state index in [1.807, 2.05) is 12.1 Å². The smallest absolute Gasteiger partial charge is 0.0459 e. The Morgan fingerprint density at radius 1 is 1.41 bits per heavy atom. The molecule has 0 radical (unpaired) electrons. The minimum Gasteiger partial charge on any atom is -0.371 e. The lowest BCUT2D eigenvalue weighted by Gasteiger charge is -2.24. The molecule has 0 aliphatic carbocycles. The predicted octanol–water partition coefficient (Wildman–Crippen LogP) is 3.08. The van der Waals surface area contributed by atoms with Crippen molar-refractivity contribution in [1.82, 2.24) is 0 Å². The Balaban J connectivity index is 2.29. The van der Waals surface area contributed by atoms with Crippen molar-refractivity contribution in [2.75, 3.05) is 24.5 Å². The molecule has 2 rings (SSSR count). The Bertz CT molecular complexity index is 401. The van der Waals surface area contributed by atoms with E-state index >= 15 is 0 Å². The van der Waals surface area contributed by atoms with E-state index in [0.717, 1.165) is 24.5 Å². The summed E-state index contributed by atoms with van der Waals surface area (Å²) in [6.45, 7) is 7.50. The number of benzene rings is 1. The Morgan fingerprint density at radius 2 is 2.18 bits per heavy atom. The van der Waals surface area contributed by atoms with E-state index in [0.29, 0.717) is 12.0 Å². The van der Waals surface area contributed by atoms with Gasteiger partial charge in [0, 0.05) is 23.8 Å². The molecule has 0 spiro atoms. The topological polar surface area (TPSA) is 29.3 Å². The molecule has 1 aliphatic heterocycles. The summed E-state index contributed by atoms with van der Waals surface area (Å²) in [6, 6.07) is 6.15. The number of rotatable bonds is 3. The van der Waals surface area contributed by atoms with Gasteiger partial charge in [0.05, 0.1) is 0 Å². The SMILES string of the molecule is CC1(C)CCN(c2cccc(Cl)c2CCN)C1. The van der Waals surface area contributed by atoms with Gasteiger partial charge in [0.1, 0.15) is 0 Å². The van der Waals surface area contributed by atoms with Crippen molar-refractivity contribution in [2.24, 2.45) is 11.1 Å². The monoisotopic (exact) mass is 252 g/mol. The normalized spacial score (nSPS) is 18.7. The van der Waals surface area contributed by atoms with Gasteiger partial charge < -0.3 is 10.6 Å². The van der Waals surface area contributed by atoms with Crippen LogP contribution in [0.25, 0.3) is 0 Å². The predicted molar refractivity (Wildman–Crippen MR) is 74.8 cm³/mol. The third-order valence-corrected chi connectivity index (χ3v) is 3.86. The minimum absolute atomic E-state index is 0.405. The largest absolute Gasteiger partial charge is 0.371 e. The van der Waals surface area contributed by atoms with Crippen molar-refractivity contribution in [2.45, 2.75) is 26.7 Å². The number of hydrogen-bond acceptors (Lipinski definition) is 2. The van der Waals surface area contributed by atoms with E-state index in [4.69, 9.17) is 17.3 Å². The van der Waals surface area contributed by atoms with Crippen LogP contribution in [0, 0.1) is 5.41 Å². The van der Waals surface area contributed by atoms with E-state index in [2.05, 4.69) is 24.8 Å². The average molecular weight is 253 g/mol. The van der Waals surface area contributed by atoms with Gasteiger partial charge in [0.2, 0.25) is 0 Å². The molecule has 1 fully saturated rings. The Morgan fingerprint density at radius 3 is 2.76 bits per heavy atom. The van der Waals surface area contributed by atoms with Crippen LogP contribution in [0.5, 0.6) is 0 Å². The van der Waals surface area contributed by atoms with Crippen LogP contribution >= 0.6 is 11.6 Å². The zero-order valence-electron chi connectivity index (χ0n) is 10.7. The molecular formula is C14H21ClN2. The Labute approximate surface area is 109 Å². The van der Waals surface area contributed by atoms with Crippen LogP contribution in [-0.2, 0) is 6.42 Å². The van der Waals surface area contributed by atoms with Crippen molar-refractivity contribution < 1.29 is 0 Å². The molecule has 0 bridgehead atoms. The lowest BCUT2D eigenvalue weighted by molar-refractivity contribution is 0.418. The first kappa shape index (κ1) is 12.7. The fourth-order valence-electron chi connectivity index (χ4n) is 2.55. The molecule has 1 aromatic rings. The maximum Gasteiger partial charge on any atom is 0.0459 e. The lowest BCUT2D eigenvalue weighted by atomic mass is 9.93. The summed E-state index contributed by atoms with van der Waals surface area (Å²) in [7, 11) is 0. The Hall–Kier alpha value is -0.730. The van der Waals surface area contributed by atoms with E-state index in [-0.39, 0.29) is 0 Å². The van der Waals surface area contributed by atoms with Crippen LogP contribution in [0.2, 0.25) is 5.02 Å². The van der Waals surface area contributed by atoms with Crippen molar-refractivity contribution >= 4 is 17.3 Å². The highest BCUT2D eigenvalue weighted by Crippen LogP contribution is 2.36. The summed E-state index contributed by atoms with van der Waals surface area (Å²) in [6.07, 6.45) is 2.09. The highest BCUT2D eigenvalue weighted by Gasteiger charge is 2.30. The number of halogens is 1. The third kappa shape index (κ3) is 2.75. The number of nitrogens with two attached hydrogens (primary N) is 1. The average Bonchev–Trinajstić information content (AvgIpc) is 2.62. The molecule has 1 heterocycles. The van der Waals surface area contributed by atoms with Crippen molar-refractivity contribution in [3.05, 3.63) is 28.8 Å². The molecule has 0 saturated carbocycles. The molecule has 1 saturated heterocycles. The number of nitrogens with zero attached hydrogens (tertiary/aromatic N) is 1. The van der Waals surface area contributed by atoms with E-state index in [9.17, 15) is 0 Å². The van der Waals surface area contributed by atoms with Gasteiger partial charge >= 0.3 is 0 Å². The second-order valence-corrected chi connectivity index (χ2v) is 6.02. The third-order valence-electron chi connectivity index (χ3n) is 3.51. The van der Waals surface area contributed by atoms with Gasteiger partial charge in [-0.25, -0.2) is 0 Å². The van der Waals surface area contributed by atoms with Crippen LogP contribution < -0.4 is 10.6 Å². The quantitative estimate of drug-likeness (QED) is 0.896. The molecule has 17 heavy (non-hydrogen) atoms. The molecule has 0 amide bonds. The standard InChI is InChI=1S/C14H21ClN2/c1-14(2)7-9-17(10-14)13-5-3-4-12(15)11(13)6-8-16/h3-5H,6-10,16H2,1-2H3. The number of anilines is 1. The van der Waals surface area contributed by atoms with Gasteiger partial charge in [0.25, 0.3) is 0 Å². The summed E-state index contributed by atoms with van der Waals surface area (Å²) in [4.78, 5) is 2.44. The van der Waals surface area contributed by atoms with Crippen molar-refractivity contribution in [1.29, 1.82) is 0 Å². The van der Waals surface area contributed by atoms with Crippen molar-refractivity contribution in [3.63, 3.8) is 0 Å². The first-order chi connectivity index (χ1) is 8.03. The Kier molecular flexibility index (Phi) is 3.64. The molecule has 1 aliphatic rings. The summed E-state index contributed by atoms with van der Waals surface area (Å²) in [5, 5.41) is 0.845. The van der Waals surface area contributed by atoms with Gasteiger partial charge in [-0.05, 0) is 42.5 Å². The van der Waals surface area contributed by atoms with Gasteiger partial charge in [-0.1, -0.05) is 31.5 Å². The molecule has 3 heteroatoms. The molecule has 2 N–H and O–H groups in total. The first-order valence-electron chi connectivity index (χ1n) is 6.26. The van der Waals surface area contributed by atoms with E-state index < -0.39 is 0 Å². The van der Waals surface area contributed by atoms with Crippen LogP contribution in [0.1, 0.15) is 25.8 Å². The maximum absolute atomic E-state index is 6.28. The summed E-state index contributed by atoms with van der Waals surface area (Å²) >= 11 is 6.28. The summed E-state index contributed by atoms with van der Waals surface area (Å²) in [5.41, 5.74) is 8.55. The zero-order chi connectivity index (χ0) is 12.5. The number of hydrogen-bond donors (Lipinski definition) is 1. The maximum atomic E-state index is 6.28. The fraction of sp³-hybridized carbons (Fsp3) is 0.571. The first-order valence-corrected chi connectivity index (χ1v) is 6.64. The van der Waals surface area contributed by atoms with Gasteiger partial charge in [0.15, 0.2) is 0 Å². The molecule has 94 valence electrons. The van der Waals surface area contributed by atoms with E-state index in [1.54, 1.807) is 0 Å². The van der Waals surface area contributed by atoms with Gasteiger partial charge in [-0.2, -0.15) is 0 Å². The molecule has 0 aromatic heterocycles. The molecule has 0 unspecified atom stereocenters. The molecule has 0 atom stereocenters. The molecule has 2 nitrogen and oxygen atoms in total. The van der Waals surface area contributed by atoms with Crippen LogP contribution in [-0.4, -0.2) is 19.6 Å².